The average molecular weight is 282 g/mol. The summed E-state index contributed by atoms with van der Waals surface area (Å²) in [6.07, 6.45) is 1.92. The SMILES string of the molecule is COCCn1cc(-c2ccc(Br)cc2)nn1. The minimum Gasteiger partial charge on any atom is -0.383 e. The second kappa shape index (κ2) is 5.23. The van der Waals surface area contributed by atoms with Gasteiger partial charge in [-0.15, -0.1) is 5.10 Å². The maximum atomic E-state index is 4.98. The second-order valence-corrected chi connectivity index (χ2v) is 4.28. The monoisotopic (exact) mass is 281 g/mol. The van der Waals surface area contributed by atoms with E-state index >= 15 is 0 Å². The molecule has 0 atom stereocenters. The topological polar surface area (TPSA) is 39.9 Å². The summed E-state index contributed by atoms with van der Waals surface area (Å²) in [4.78, 5) is 0. The van der Waals surface area contributed by atoms with Gasteiger partial charge in [0.25, 0.3) is 0 Å². The molecule has 1 aromatic heterocycles. The molecular formula is C11H12BrN3O. The first kappa shape index (κ1) is 11.3. The van der Waals surface area contributed by atoms with Crippen LogP contribution in [0.5, 0.6) is 0 Å². The first-order valence-electron chi connectivity index (χ1n) is 4.94. The number of hydrogen-bond acceptors (Lipinski definition) is 3. The van der Waals surface area contributed by atoms with Crippen LogP contribution in [0.25, 0.3) is 11.3 Å². The van der Waals surface area contributed by atoms with E-state index < -0.39 is 0 Å². The highest BCUT2D eigenvalue weighted by atomic mass is 79.9. The van der Waals surface area contributed by atoms with E-state index in [9.17, 15) is 0 Å². The fourth-order valence-electron chi connectivity index (χ4n) is 1.35. The molecule has 0 unspecified atom stereocenters. The van der Waals surface area contributed by atoms with Gasteiger partial charge in [-0.3, -0.25) is 0 Å². The molecule has 0 amide bonds. The molecule has 1 heterocycles. The number of aromatic nitrogens is 3. The van der Waals surface area contributed by atoms with Crippen LogP contribution in [0.1, 0.15) is 0 Å². The number of halogens is 1. The number of ether oxygens (including phenoxy) is 1. The molecule has 4 nitrogen and oxygen atoms in total. The Balaban J connectivity index is 2.15. The molecule has 84 valence electrons. The van der Waals surface area contributed by atoms with Crippen LogP contribution in [0.4, 0.5) is 0 Å². The van der Waals surface area contributed by atoms with Gasteiger partial charge in [-0.05, 0) is 12.1 Å². The molecule has 0 N–H and O–H groups in total. The molecule has 0 saturated heterocycles. The van der Waals surface area contributed by atoms with Gasteiger partial charge in [0, 0.05) is 17.1 Å². The summed E-state index contributed by atoms with van der Waals surface area (Å²) in [5, 5.41) is 8.14. The van der Waals surface area contributed by atoms with Gasteiger partial charge in [0.05, 0.1) is 19.3 Å². The number of hydrogen-bond donors (Lipinski definition) is 0. The zero-order valence-electron chi connectivity index (χ0n) is 8.93. The molecule has 0 aliphatic rings. The van der Waals surface area contributed by atoms with Crippen molar-refractivity contribution in [3.8, 4) is 11.3 Å². The van der Waals surface area contributed by atoms with Gasteiger partial charge in [0.2, 0.25) is 0 Å². The Bertz CT molecular complexity index is 453. The van der Waals surface area contributed by atoms with Gasteiger partial charge in [-0.1, -0.05) is 33.3 Å². The molecular weight excluding hydrogens is 270 g/mol. The fourth-order valence-corrected chi connectivity index (χ4v) is 1.61. The molecule has 0 saturated carbocycles. The van der Waals surface area contributed by atoms with Gasteiger partial charge in [0.15, 0.2) is 0 Å². The summed E-state index contributed by atoms with van der Waals surface area (Å²) < 4.78 is 7.82. The van der Waals surface area contributed by atoms with Crippen LogP contribution in [0, 0.1) is 0 Å². The van der Waals surface area contributed by atoms with E-state index in [2.05, 4.69) is 26.2 Å². The smallest absolute Gasteiger partial charge is 0.113 e. The van der Waals surface area contributed by atoms with Crippen molar-refractivity contribution in [3.05, 3.63) is 34.9 Å². The Kier molecular flexibility index (Phi) is 3.69. The summed E-state index contributed by atoms with van der Waals surface area (Å²) in [7, 11) is 1.67. The fraction of sp³-hybridized carbons (Fsp3) is 0.273. The van der Waals surface area contributed by atoms with E-state index in [0.29, 0.717) is 6.61 Å². The van der Waals surface area contributed by atoms with Crippen LogP contribution in [-0.2, 0) is 11.3 Å². The van der Waals surface area contributed by atoms with E-state index in [1.807, 2.05) is 30.5 Å². The first-order valence-corrected chi connectivity index (χ1v) is 5.74. The Hall–Kier alpha value is -1.20. The van der Waals surface area contributed by atoms with Gasteiger partial charge in [0.1, 0.15) is 5.69 Å². The molecule has 2 rings (SSSR count). The summed E-state index contributed by atoms with van der Waals surface area (Å²) in [5.74, 6) is 0. The van der Waals surface area contributed by atoms with Gasteiger partial charge in [-0.25, -0.2) is 4.68 Å². The van der Waals surface area contributed by atoms with Crippen molar-refractivity contribution >= 4 is 15.9 Å². The molecule has 0 fully saturated rings. The molecule has 0 spiro atoms. The predicted octanol–water partition coefficient (Wildman–Crippen LogP) is 2.35. The highest BCUT2D eigenvalue weighted by Crippen LogP contribution is 2.18. The zero-order chi connectivity index (χ0) is 11.4. The molecule has 0 radical (unpaired) electrons. The Labute approximate surface area is 102 Å². The van der Waals surface area contributed by atoms with Crippen molar-refractivity contribution in [2.24, 2.45) is 0 Å². The highest BCUT2D eigenvalue weighted by Gasteiger charge is 2.03. The van der Waals surface area contributed by atoms with Crippen molar-refractivity contribution in [1.29, 1.82) is 0 Å². The van der Waals surface area contributed by atoms with Crippen LogP contribution in [0.2, 0.25) is 0 Å². The summed E-state index contributed by atoms with van der Waals surface area (Å²) >= 11 is 3.40. The van der Waals surface area contributed by atoms with Crippen molar-refractivity contribution in [3.63, 3.8) is 0 Å². The molecule has 0 bridgehead atoms. The highest BCUT2D eigenvalue weighted by molar-refractivity contribution is 9.10. The molecule has 1 aromatic carbocycles. The lowest BCUT2D eigenvalue weighted by Crippen LogP contribution is -2.04. The lowest BCUT2D eigenvalue weighted by molar-refractivity contribution is 0.183. The van der Waals surface area contributed by atoms with E-state index in [4.69, 9.17) is 4.74 Å². The Morgan fingerprint density at radius 2 is 2.06 bits per heavy atom. The Morgan fingerprint density at radius 1 is 1.31 bits per heavy atom. The zero-order valence-corrected chi connectivity index (χ0v) is 10.5. The molecule has 5 heteroatoms. The summed E-state index contributed by atoms with van der Waals surface area (Å²) in [6, 6.07) is 8.00. The van der Waals surface area contributed by atoms with Crippen LogP contribution in [0.3, 0.4) is 0 Å². The van der Waals surface area contributed by atoms with Crippen molar-refractivity contribution < 1.29 is 4.74 Å². The third-order valence-corrected chi connectivity index (χ3v) is 2.73. The number of benzene rings is 1. The third kappa shape index (κ3) is 2.68. The molecule has 2 aromatic rings. The van der Waals surface area contributed by atoms with Crippen LogP contribution in [-0.4, -0.2) is 28.7 Å². The van der Waals surface area contributed by atoms with Gasteiger partial charge < -0.3 is 4.74 Å². The van der Waals surface area contributed by atoms with Crippen LogP contribution < -0.4 is 0 Å². The van der Waals surface area contributed by atoms with Crippen LogP contribution in [0.15, 0.2) is 34.9 Å². The largest absolute Gasteiger partial charge is 0.383 e. The van der Waals surface area contributed by atoms with Crippen molar-refractivity contribution in [1.82, 2.24) is 15.0 Å². The van der Waals surface area contributed by atoms with Gasteiger partial charge in [-0.2, -0.15) is 0 Å². The van der Waals surface area contributed by atoms with Crippen molar-refractivity contribution in [2.45, 2.75) is 6.54 Å². The lowest BCUT2D eigenvalue weighted by Gasteiger charge is -1.97. The normalized spacial score (nSPS) is 10.6. The van der Waals surface area contributed by atoms with E-state index in [-0.39, 0.29) is 0 Å². The minimum absolute atomic E-state index is 0.642. The Morgan fingerprint density at radius 3 is 2.75 bits per heavy atom. The first-order chi connectivity index (χ1) is 7.79. The summed E-state index contributed by atoms with van der Waals surface area (Å²) in [5.41, 5.74) is 1.94. The average Bonchev–Trinajstić information content (AvgIpc) is 2.76. The quantitative estimate of drug-likeness (QED) is 0.864. The standard InChI is InChI=1S/C11H12BrN3O/c1-16-7-6-15-8-11(13-14-15)9-2-4-10(12)5-3-9/h2-5,8H,6-7H2,1H3. The second-order valence-electron chi connectivity index (χ2n) is 3.37. The van der Waals surface area contributed by atoms with Crippen molar-refractivity contribution in [2.75, 3.05) is 13.7 Å². The predicted molar refractivity (Wildman–Crippen MR) is 65.0 cm³/mol. The molecule has 16 heavy (non-hydrogen) atoms. The maximum Gasteiger partial charge on any atom is 0.113 e. The van der Waals surface area contributed by atoms with E-state index in [0.717, 1.165) is 22.3 Å². The third-order valence-electron chi connectivity index (χ3n) is 2.20. The van der Waals surface area contributed by atoms with Gasteiger partial charge >= 0.3 is 0 Å². The van der Waals surface area contributed by atoms with Crippen LogP contribution >= 0.6 is 15.9 Å². The number of rotatable bonds is 4. The molecule has 0 aliphatic heterocycles. The lowest BCUT2D eigenvalue weighted by atomic mass is 10.2. The number of methoxy groups -OCH3 is 1. The summed E-state index contributed by atoms with van der Waals surface area (Å²) in [6.45, 7) is 1.36. The minimum atomic E-state index is 0.642. The molecule has 0 aliphatic carbocycles. The van der Waals surface area contributed by atoms with E-state index in [1.54, 1.807) is 11.8 Å². The van der Waals surface area contributed by atoms with E-state index in [1.165, 1.54) is 0 Å². The number of nitrogens with zero attached hydrogens (tertiary/aromatic N) is 3. The maximum absolute atomic E-state index is 4.98.